The molecule has 0 aliphatic carbocycles. The number of methoxy groups -OCH3 is 1. The van der Waals surface area contributed by atoms with E-state index in [-0.39, 0.29) is 6.42 Å². The number of hydrogen-bond donors (Lipinski definition) is 3. The number of ether oxygens (including phenoxy) is 1. The molecule has 0 heterocycles. The molecule has 0 aliphatic rings. The Balaban J connectivity index is 2.10. The number of thioether (sulfide) groups is 1. The molecule has 35 heavy (non-hydrogen) atoms. The van der Waals surface area contributed by atoms with Crippen LogP contribution in [0.3, 0.4) is 0 Å². The number of nitrogens with one attached hydrogen (secondary N) is 3. The highest BCUT2D eigenvalue weighted by Crippen LogP contribution is 2.17. The predicted molar refractivity (Wildman–Crippen MR) is 137 cm³/mol. The Bertz CT molecular complexity index is 986. The first-order valence-electron chi connectivity index (χ1n) is 11.5. The highest BCUT2D eigenvalue weighted by atomic mass is 32.2. The molecule has 3 N–H and O–H groups in total. The van der Waals surface area contributed by atoms with E-state index in [9.17, 15) is 19.2 Å². The summed E-state index contributed by atoms with van der Waals surface area (Å²) in [5.74, 6) is -0.328. The molecule has 8 nitrogen and oxygen atoms in total. The Morgan fingerprint density at radius 1 is 0.971 bits per heavy atom. The molecule has 3 atom stereocenters. The third-order valence-electron chi connectivity index (χ3n) is 5.21. The summed E-state index contributed by atoms with van der Waals surface area (Å²) in [7, 11) is 1.47. The van der Waals surface area contributed by atoms with Crippen LogP contribution >= 0.6 is 11.8 Å². The van der Waals surface area contributed by atoms with E-state index in [0.717, 1.165) is 24.2 Å². The van der Waals surface area contributed by atoms with Gasteiger partial charge in [-0.15, -0.1) is 11.8 Å². The molecule has 2 aromatic rings. The summed E-state index contributed by atoms with van der Waals surface area (Å²) in [5, 5.41) is 7.38. The summed E-state index contributed by atoms with van der Waals surface area (Å²) in [6.07, 6.45) is 2.83. The maximum Gasteiger partial charge on any atom is 0.255 e. The zero-order valence-corrected chi connectivity index (χ0v) is 21.1. The van der Waals surface area contributed by atoms with Crippen molar-refractivity contribution in [3.63, 3.8) is 0 Å². The molecular weight excluding hydrogens is 466 g/mol. The Morgan fingerprint density at radius 3 is 2.31 bits per heavy atom. The van der Waals surface area contributed by atoms with E-state index in [2.05, 4.69) is 16.0 Å². The summed E-state index contributed by atoms with van der Waals surface area (Å²) in [5.41, 5.74) is 1.14. The lowest BCUT2D eigenvalue weighted by atomic mass is 10.0. The highest BCUT2D eigenvalue weighted by molar-refractivity contribution is 8.00. The van der Waals surface area contributed by atoms with Crippen molar-refractivity contribution in [3.05, 3.63) is 65.7 Å². The number of hydrogen-bond acceptors (Lipinski definition) is 6. The average Bonchev–Trinajstić information content (AvgIpc) is 2.88. The Labute approximate surface area is 210 Å². The fourth-order valence-electron chi connectivity index (χ4n) is 3.24. The van der Waals surface area contributed by atoms with Crippen molar-refractivity contribution in [2.75, 3.05) is 12.9 Å². The molecule has 188 valence electrons. The van der Waals surface area contributed by atoms with Gasteiger partial charge in [-0.2, -0.15) is 0 Å². The van der Waals surface area contributed by atoms with Crippen LogP contribution in [0.1, 0.15) is 42.6 Å². The number of para-hydroxylation sites is 1. The van der Waals surface area contributed by atoms with Crippen LogP contribution in [0.25, 0.3) is 0 Å². The molecule has 0 spiro atoms. The minimum absolute atomic E-state index is 0.228. The SMILES string of the molecule is CCCCSC(C=O)NC(=O)[C@H](C)NC(=O)[C@H](Cc1ccccc1)NC(=O)c1ccccc1OC. The van der Waals surface area contributed by atoms with Gasteiger partial charge in [0.15, 0.2) is 6.29 Å². The lowest BCUT2D eigenvalue weighted by Gasteiger charge is -2.22. The number of rotatable bonds is 14. The van der Waals surface area contributed by atoms with E-state index in [1.54, 1.807) is 24.3 Å². The van der Waals surface area contributed by atoms with Gasteiger partial charge in [0.25, 0.3) is 5.91 Å². The summed E-state index contributed by atoms with van der Waals surface area (Å²) in [4.78, 5) is 50.0. The summed E-state index contributed by atoms with van der Waals surface area (Å²) in [6, 6.07) is 14.1. The van der Waals surface area contributed by atoms with E-state index in [0.29, 0.717) is 17.6 Å². The second-order valence-electron chi connectivity index (χ2n) is 7.94. The molecule has 2 aromatic carbocycles. The van der Waals surface area contributed by atoms with E-state index in [1.807, 2.05) is 37.3 Å². The summed E-state index contributed by atoms with van der Waals surface area (Å²) in [6.45, 7) is 3.58. The van der Waals surface area contributed by atoms with Gasteiger partial charge in [-0.25, -0.2) is 0 Å². The predicted octanol–water partition coefficient (Wildman–Crippen LogP) is 2.72. The van der Waals surface area contributed by atoms with Gasteiger partial charge < -0.3 is 25.5 Å². The van der Waals surface area contributed by atoms with Crippen molar-refractivity contribution >= 4 is 35.8 Å². The molecule has 0 aliphatic heterocycles. The molecular formula is C26H33N3O5S. The lowest BCUT2D eigenvalue weighted by molar-refractivity contribution is -0.130. The topological polar surface area (TPSA) is 114 Å². The number of amides is 3. The fourth-order valence-corrected chi connectivity index (χ4v) is 4.23. The van der Waals surface area contributed by atoms with Gasteiger partial charge in [0.05, 0.1) is 12.7 Å². The zero-order valence-electron chi connectivity index (χ0n) is 20.3. The van der Waals surface area contributed by atoms with Crippen LogP contribution in [0.4, 0.5) is 0 Å². The van der Waals surface area contributed by atoms with Gasteiger partial charge in [-0.05, 0) is 36.8 Å². The highest BCUT2D eigenvalue weighted by Gasteiger charge is 2.27. The Kier molecular flexibility index (Phi) is 11.8. The van der Waals surface area contributed by atoms with Crippen LogP contribution in [-0.4, -0.2) is 54.3 Å². The lowest BCUT2D eigenvalue weighted by Crippen LogP contribution is -2.54. The summed E-state index contributed by atoms with van der Waals surface area (Å²) >= 11 is 1.35. The van der Waals surface area contributed by atoms with Crippen molar-refractivity contribution in [1.82, 2.24) is 16.0 Å². The van der Waals surface area contributed by atoms with Crippen molar-refractivity contribution in [3.8, 4) is 5.75 Å². The molecule has 0 radical (unpaired) electrons. The number of carbonyl (C=O) groups excluding carboxylic acids is 4. The Hall–Kier alpha value is -3.33. The third-order valence-corrected chi connectivity index (χ3v) is 6.32. The molecule has 9 heteroatoms. The van der Waals surface area contributed by atoms with E-state index in [1.165, 1.54) is 25.8 Å². The van der Waals surface area contributed by atoms with Gasteiger partial charge in [-0.1, -0.05) is 55.8 Å². The number of benzene rings is 2. The standard InChI is InChI=1S/C26H33N3O5S/c1-4-5-15-35-23(17-30)29-24(31)18(2)27-26(33)21(16-19-11-7-6-8-12-19)28-25(32)20-13-9-10-14-22(20)34-3/h6-14,17-18,21,23H,4-5,15-16H2,1-3H3,(H,27,33)(H,28,32)(H,29,31)/t18-,21-,23?/m0/s1. The van der Waals surface area contributed by atoms with Crippen LogP contribution in [-0.2, 0) is 20.8 Å². The fraction of sp³-hybridized carbons (Fsp3) is 0.385. The van der Waals surface area contributed by atoms with Crippen LogP contribution in [0, 0.1) is 0 Å². The van der Waals surface area contributed by atoms with Crippen LogP contribution in [0.15, 0.2) is 54.6 Å². The number of aldehydes is 1. The van der Waals surface area contributed by atoms with E-state index < -0.39 is 35.2 Å². The minimum atomic E-state index is -0.939. The average molecular weight is 500 g/mol. The molecule has 0 bridgehead atoms. The number of carbonyl (C=O) groups is 4. The smallest absolute Gasteiger partial charge is 0.255 e. The third kappa shape index (κ3) is 9.09. The first kappa shape index (κ1) is 27.9. The molecule has 2 rings (SSSR count). The molecule has 0 saturated heterocycles. The quantitative estimate of drug-likeness (QED) is 0.209. The Morgan fingerprint density at radius 2 is 1.66 bits per heavy atom. The normalized spacial score (nSPS) is 13.1. The van der Waals surface area contributed by atoms with E-state index in [4.69, 9.17) is 4.74 Å². The maximum absolute atomic E-state index is 13.1. The van der Waals surface area contributed by atoms with Crippen molar-refractivity contribution in [2.45, 2.75) is 50.6 Å². The van der Waals surface area contributed by atoms with Gasteiger partial charge >= 0.3 is 0 Å². The van der Waals surface area contributed by atoms with Crippen LogP contribution in [0.5, 0.6) is 5.75 Å². The van der Waals surface area contributed by atoms with Crippen molar-refractivity contribution in [2.24, 2.45) is 0 Å². The monoisotopic (exact) mass is 499 g/mol. The first-order valence-corrected chi connectivity index (χ1v) is 12.6. The zero-order chi connectivity index (χ0) is 25.6. The molecule has 0 aromatic heterocycles. The molecule has 0 saturated carbocycles. The maximum atomic E-state index is 13.1. The van der Waals surface area contributed by atoms with Crippen LogP contribution in [0.2, 0.25) is 0 Å². The summed E-state index contributed by atoms with van der Waals surface area (Å²) < 4.78 is 5.26. The van der Waals surface area contributed by atoms with Crippen LogP contribution < -0.4 is 20.7 Å². The van der Waals surface area contributed by atoms with Gasteiger partial charge in [0.1, 0.15) is 23.2 Å². The van der Waals surface area contributed by atoms with Gasteiger partial charge in [0, 0.05) is 6.42 Å². The van der Waals surface area contributed by atoms with Crippen molar-refractivity contribution < 1.29 is 23.9 Å². The van der Waals surface area contributed by atoms with Gasteiger partial charge in [0.2, 0.25) is 11.8 Å². The first-order chi connectivity index (χ1) is 16.9. The largest absolute Gasteiger partial charge is 0.496 e. The number of unbranched alkanes of at least 4 members (excludes halogenated alkanes) is 1. The van der Waals surface area contributed by atoms with E-state index >= 15 is 0 Å². The minimum Gasteiger partial charge on any atom is -0.496 e. The van der Waals surface area contributed by atoms with Crippen molar-refractivity contribution in [1.29, 1.82) is 0 Å². The molecule has 1 unspecified atom stereocenters. The second kappa shape index (κ2) is 14.8. The second-order valence-corrected chi connectivity index (χ2v) is 9.19. The molecule has 0 fully saturated rings. The van der Waals surface area contributed by atoms with Gasteiger partial charge in [-0.3, -0.25) is 14.4 Å². The molecule has 3 amide bonds.